The normalized spacial score (nSPS) is 27.6. The van der Waals surface area contributed by atoms with E-state index in [1.165, 1.54) is 4.90 Å². The number of aliphatic hydroxyl groups is 1. The Kier molecular flexibility index (Phi) is 10.9. The van der Waals surface area contributed by atoms with Gasteiger partial charge in [0, 0.05) is 31.0 Å². The third-order valence-electron chi connectivity index (χ3n) is 10.1. The number of aliphatic hydroxyl groups excluding tert-OH is 1. The summed E-state index contributed by atoms with van der Waals surface area (Å²) in [5, 5.41) is 10.4. The second-order valence-electron chi connectivity index (χ2n) is 12.2. The third-order valence-corrected chi connectivity index (χ3v) is 10.1. The molecule has 9 heteroatoms. The first kappa shape index (κ1) is 33.7. The largest absolute Gasteiger partial charge is 0.465 e. The number of unbranched alkanes of at least 4 members (excludes halogenated alkanes) is 2. The van der Waals surface area contributed by atoms with E-state index in [1.807, 2.05) is 44.2 Å². The summed E-state index contributed by atoms with van der Waals surface area (Å²) in [6.07, 6.45) is 7.90. The highest BCUT2D eigenvalue weighted by Gasteiger charge is 2.79. The summed E-state index contributed by atoms with van der Waals surface area (Å²) >= 11 is 0. The van der Waals surface area contributed by atoms with E-state index in [0.29, 0.717) is 37.8 Å². The van der Waals surface area contributed by atoms with Crippen LogP contribution in [0.2, 0.25) is 0 Å². The van der Waals surface area contributed by atoms with Crippen molar-refractivity contribution in [1.82, 2.24) is 4.90 Å². The van der Waals surface area contributed by atoms with Crippen LogP contribution in [0.3, 0.4) is 0 Å². The minimum absolute atomic E-state index is 0.230. The van der Waals surface area contributed by atoms with Gasteiger partial charge in [0.25, 0.3) is 5.91 Å². The maximum atomic E-state index is 14.8. The second-order valence-corrected chi connectivity index (χ2v) is 12.2. The molecule has 0 saturated carbocycles. The molecule has 3 aliphatic rings. The summed E-state index contributed by atoms with van der Waals surface area (Å²) in [5.41, 5.74) is -0.331. The van der Waals surface area contributed by atoms with Crippen LogP contribution in [-0.2, 0) is 23.9 Å². The highest BCUT2D eigenvalue weighted by molar-refractivity contribution is 6.05. The van der Waals surface area contributed by atoms with Gasteiger partial charge in [-0.15, -0.1) is 13.2 Å². The number of carbonyl (C=O) groups excluding carboxylic acids is 3. The predicted molar refractivity (Wildman–Crippen MR) is 172 cm³/mol. The van der Waals surface area contributed by atoms with Crippen molar-refractivity contribution in [2.45, 2.75) is 95.9 Å². The summed E-state index contributed by atoms with van der Waals surface area (Å²) in [7, 11) is 0. The van der Waals surface area contributed by atoms with Crippen molar-refractivity contribution in [3.8, 4) is 0 Å². The van der Waals surface area contributed by atoms with Crippen LogP contribution in [0.25, 0.3) is 0 Å². The Morgan fingerprint density at radius 2 is 1.77 bits per heavy atom. The Hall–Kier alpha value is -3.17. The lowest BCUT2D eigenvalue weighted by molar-refractivity contribution is -0.162. The van der Waals surface area contributed by atoms with Crippen LogP contribution in [0.4, 0.5) is 11.4 Å². The first-order valence-corrected chi connectivity index (χ1v) is 16.4. The van der Waals surface area contributed by atoms with Crippen LogP contribution in [-0.4, -0.2) is 83.9 Å². The number of allylic oxidation sites excluding steroid dienone is 1. The smallest absolute Gasteiger partial charge is 0.312 e. The number of hydrogen-bond acceptors (Lipinski definition) is 7. The molecule has 6 atom stereocenters. The zero-order chi connectivity index (χ0) is 32.1. The first-order valence-electron chi connectivity index (χ1n) is 16.4. The van der Waals surface area contributed by atoms with E-state index in [2.05, 4.69) is 31.9 Å². The Morgan fingerprint density at radius 1 is 1.09 bits per heavy atom. The maximum Gasteiger partial charge on any atom is 0.312 e. The standard InChI is InChI=1S/C35H51N3O6/c1-7-13-14-15-23-43-33(42)29-28-31(40)38(25(9-3)24-39)30(35(28)21-20-34(29,10-4)44-35)32(41)37(22-8-2)27-18-16-26(17-19-27)36(11-5)12-6/h7-8,16-19,25,28-30,39H,1-2,9-15,20-24H2,3-6H3/t25-,28-,29-,30?,34+,35?/m0/s1. The first-order chi connectivity index (χ1) is 21.2. The summed E-state index contributed by atoms with van der Waals surface area (Å²) in [6.45, 7) is 17.6. The van der Waals surface area contributed by atoms with Crippen molar-refractivity contribution in [3.05, 3.63) is 49.6 Å². The maximum absolute atomic E-state index is 14.8. The molecule has 1 aromatic rings. The van der Waals surface area contributed by atoms with Crippen LogP contribution >= 0.6 is 0 Å². The number of rotatable bonds is 17. The van der Waals surface area contributed by atoms with E-state index in [0.717, 1.165) is 31.6 Å². The minimum Gasteiger partial charge on any atom is -0.465 e. The molecule has 2 bridgehead atoms. The fourth-order valence-electron chi connectivity index (χ4n) is 7.79. The van der Waals surface area contributed by atoms with E-state index in [9.17, 15) is 19.5 Å². The number of likely N-dealkylation sites (tertiary alicyclic amines) is 1. The van der Waals surface area contributed by atoms with E-state index in [4.69, 9.17) is 9.47 Å². The lowest BCUT2D eigenvalue weighted by Crippen LogP contribution is -2.59. The highest BCUT2D eigenvalue weighted by atomic mass is 16.6. The van der Waals surface area contributed by atoms with Gasteiger partial charge < -0.3 is 29.3 Å². The van der Waals surface area contributed by atoms with E-state index >= 15 is 0 Å². The molecule has 44 heavy (non-hydrogen) atoms. The molecule has 0 aromatic heterocycles. The van der Waals surface area contributed by atoms with Crippen LogP contribution < -0.4 is 9.80 Å². The highest BCUT2D eigenvalue weighted by Crippen LogP contribution is 2.65. The minimum atomic E-state index is -1.19. The van der Waals surface area contributed by atoms with Crippen molar-refractivity contribution in [2.24, 2.45) is 11.8 Å². The van der Waals surface area contributed by atoms with Crippen LogP contribution in [0.5, 0.6) is 0 Å². The van der Waals surface area contributed by atoms with Crippen LogP contribution in [0, 0.1) is 11.8 Å². The topological polar surface area (TPSA) is 99.6 Å². The second kappa shape index (κ2) is 14.3. The number of benzene rings is 1. The number of anilines is 2. The van der Waals surface area contributed by atoms with Crippen LogP contribution in [0.1, 0.15) is 72.6 Å². The molecule has 3 saturated heterocycles. The number of ether oxygens (including phenoxy) is 2. The molecule has 2 amide bonds. The average Bonchev–Trinajstić information content (AvgIpc) is 3.65. The quantitative estimate of drug-likeness (QED) is 0.153. The molecule has 3 heterocycles. The van der Waals surface area contributed by atoms with E-state index in [1.54, 1.807) is 11.0 Å². The van der Waals surface area contributed by atoms with E-state index in [-0.39, 0.29) is 31.6 Å². The Bertz CT molecular complexity index is 1200. The molecule has 0 aliphatic carbocycles. The predicted octanol–water partition coefficient (Wildman–Crippen LogP) is 4.88. The molecule has 1 spiro atoms. The van der Waals surface area contributed by atoms with Gasteiger partial charge in [0.1, 0.15) is 17.6 Å². The van der Waals surface area contributed by atoms with Gasteiger partial charge in [-0.2, -0.15) is 0 Å². The van der Waals surface area contributed by atoms with Crippen molar-refractivity contribution in [3.63, 3.8) is 0 Å². The van der Waals surface area contributed by atoms with Gasteiger partial charge in [0.2, 0.25) is 5.91 Å². The molecular formula is C35H51N3O6. The van der Waals surface area contributed by atoms with E-state index < -0.39 is 41.1 Å². The molecule has 1 N–H and O–H groups in total. The number of nitrogens with zero attached hydrogens (tertiary/aromatic N) is 3. The lowest BCUT2D eigenvalue weighted by atomic mass is 9.65. The molecule has 242 valence electrons. The number of hydrogen-bond donors (Lipinski definition) is 1. The number of esters is 1. The monoisotopic (exact) mass is 609 g/mol. The van der Waals surface area contributed by atoms with Gasteiger partial charge in [-0.1, -0.05) is 26.0 Å². The van der Waals surface area contributed by atoms with Crippen molar-refractivity contribution in [1.29, 1.82) is 0 Å². The molecule has 3 aliphatic heterocycles. The Balaban J connectivity index is 1.74. The molecule has 4 rings (SSSR count). The van der Waals surface area contributed by atoms with Gasteiger partial charge in [-0.05, 0) is 83.1 Å². The summed E-state index contributed by atoms with van der Waals surface area (Å²) in [6, 6.07) is 6.24. The third kappa shape index (κ3) is 5.69. The molecule has 2 unspecified atom stereocenters. The summed E-state index contributed by atoms with van der Waals surface area (Å²) < 4.78 is 12.6. The zero-order valence-corrected chi connectivity index (χ0v) is 27.0. The molecule has 9 nitrogen and oxygen atoms in total. The number of amides is 2. The van der Waals surface area contributed by atoms with Gasteiger partial charge in [0.15, 0.2) is 0 Å². The molecular weight excluding hydrogens is 558 g/mol. The van der Waals surface area contributed by atoms with Crippen molar-refractivity contribution >= 4 is 29.2 Å². The van der Waals surface area contributed by atoms with Crippen molar-refractivity contribution in [2.75, 3.05) is 42.6 Å². The molecule has 3 fully saturated rings. The Morgan fingerprint density at radius 3 is 2.34 bits per heavy atom. The zero-order valence-electron chi connectivity index (χ0n) is 27.0. The van der Waals surface area contributed by atoms with Gasteiger partial charge >= 0.3 is 5.97 Å². The van der Waals surface area contributed by atoms with Gasteiger partial charge in [-0.3, -0.25) is 14.4 Å². The average molecular weight is 610 g/mol. The fourth-order valence-corrected chi connectivity index (χ4v) is 7.79. The lowest BCUT2D eigenvalue weighted by Gasteiger charge is -2.39. The number of fused-ring (bicyclic) bond motifs is 1. The molecule has 0 radical (unpaired) electrons. The summed E-state index contributed by atoms with van der Waals surface area (Å²) in [5.74, 6) is -2.73. The molecule has 1 aromatic carbocycles. The van der Waals surface area contributed by atoms with Crippen molar-refractivity contribution < 1.29 is 29.0 Å². The number of carbonyl (C=O) groups is 3. The summed E-state index contributed by atoms with van der Waals surface area (Å²) in [4.78, 5) is 48.4. The fraction of sp³-hybridized carbons (Fsp3) is 0.629. The Labute approximate surface area is 262 Å². The van der Waals surface area contributed by atoms with Gasteiger partial charge in [0.05, 0.1) is 30.8 Å². The van der Waals surface area contributed by atoms with Crippen LogP contribution in [0.15, 0.2) is 49.6 Å². The SMILES string of the molecule is C=CCCCCOC(=O)[C@@H]1[C@H]2C(=O)N([C@@H](CC)CO)C(C(=O)N(CC=C)c3ccc(N(CC)CC)cc3)C23CC[C@@]1(CC)O3. The van der Waals surface area contributed by atoms with Gasteiger partial charge in [-0.25, -0.2) is 0 Å².